The summed E-state index contributed by atoms with van der Waals surface area (Å²) in [5.74, 6) is 0. The molecule has 0 aliphatic heterocycles. The number of para-hydroxylation sites is 1. The van der Waals surface area contributed by atoms with Gasteiger partial charge in [-0.05, 0) is 137 Å². The molecular formula is C60H39NO. The highest BCUT2D eigenvalue weighted by Gasteiger charge is 2.17. The number of benzene rings is 11. The van der Waals surface area contributed by atoms with Crippen molar-refractivity contribution in [2.45, 2.75) is 0 Å². The van der Waals surface area contributed by atoms with E-state index in [2.05, 4.69) is 229 Å². The van der Waals surface area contributed by atoms with Crippen molar-refractivity contribution in [2.24, 2.45) is 0 Å². The third kappa shape index (κ3) is 6.20. The zero-order valence-corrected chi connectivity index (χ0v) is 33.9. The third-order valence-corrected chi connectivity index (χ3v) is 12.4. The van der Waals surface area contributed by atoms with Crippen molar-refractivity contribution in [1.82, 2.24) is 0 Å². The molecule has 2 heteroatoms. The minimum Gasteiger partial charge on any atom is -0.456 e. The van der Waals surface area contributed by atoms with Gasteiger partial charge in [0.05, 0.1) is 0 Å². The minimum atomic E-state index is 0.918. The van der Waals surface area contributed by atoms with Crippen LogP contribution >= 0.6 is 0 Å². The van der Waals surface area contributed by atoms with Crippen LogP contribution in [0.15, 0.2) is 241 Å². The minimum absolute atomic E-state index is 0.918. The first-order valence-corrected chi connectivity index (χ1v) is 21.2. The molecule has 0 spiro atoms. The van der Waals surface area contributed by atoms with Crippen molar-refractivity contribution < 1.29 is 4.42 Å². The maximum absolute atomic E-state index is 6.23. The van der Waals surface area contributed by atoms with Crippen LogP contribution in [-0.4, -0.2) is 0 Å². The van der Waals surface area contributed by atoms with Gasteiger partial charge in [0.2, 0.25) is 0 Å². The molecule has 0 N–H and O–H groups in total. The normalized spacial score (nSPS) is 11.5. The van der Waals surface area contributed by atoms with E-state index in [0.717, 1.165) is 44.7 Å². The monoisotopic (exact) mass is 789 g/mol. The summed E-state index contributed by atoms with van der Waals surface area (Å²) in [6, 6.07) is 85.5. The fraction of sp³-hybridized carbons (Fsp3) is 0. The Hall–Kier alpha value is -8.20. The van der Waals surface area contributed by atoms with E-state index in [4.69, 9.17) is 4.42 Å². The van der Waals surface area contributed by atoms with Gasteiger partial charge in [0, 0.05) is 27.8 Å². The Morgan fingerprint density at radius 3 is 1.52 bits per heavy atom. The average molecular weight is 790 g/mol. The molecule has 0 amide bonds. The smallest absolute Gasteiger partial charge is 0.136 e. The summed E-state index contributed by atoms with van der Waals surface area (Å²) in [7, 11) is 0. The van der Waals surface area contributed by atoms with Gasteiger partial charge in [-0.1, -0.05) is 176 Å². The van der Waals surface area contributed by atoms with E-state index in [1.807, 2.05) is 12.1 Å². The molecule has 1 aromatic heterocycles. The lowest BCUT2D eigenvalue weighted by molar-refractivity contribution is 0.669. The predicted octanol–water partition coefficient (Wildman–Crippen LogP) is 17.2. The van der Waals surface area contributed by atoms with Gasteiger partial charge in [-0.15, -0.1) is 0 Å². The molecule has 62 heavy (non-hydrogen) atoms. The summed E-state index contributed by atoms with van der Waals surface area (Å²) in [5.41, 5.74) is 14.6. The van der Waals surface area contributed by atoms with Crippen LogP contribution in [0.5, 0.6) is 0 Å². The molecule has 12 aromatic rings. The standard InChI is InChI=1S/C60H39NO/c1-2-12-40(13-3-1)45-15-10-17-50(36-45)61(49-33-30-43(31-34-49)56-39-48-14-4-5-19-52(48)53-20-6-7-21-54(53)56)51-18-11-16-46(37-51)41-24-26-42(27-25-41)47-29-28-44-32-35-59-60(57(44)38-47)55-22-8-9-23-58(55)62-59/h1-39H. The van der Waals surface area contributed by atoms with Crippen LogP contribution in [0.4, 0.5) is 17.1 Å². The highest BCUT2D eigenvalue weighted by molar-refractivity contribution is 6.19. The van der Waals surface area contributed by atoms with Gasteiger partial charge in [0.1, 0.15) is 11.2 Å². The Morgan fingerprint density at radius 2 is 0.790 bits per heavy atom. The molecule has 0 radical (unpaired) electrons. The first-order chi connectivity index (χ1) is 30.7. The number of anilines is 3. The number of rotatable bonds is 7. The van der Waals surface area contributed by atoms with Crippen molar-refractivity contribution in [3.05, 3.63) is 237 Å². The summed E-state index contributed by atoms with van der Waals surface area (Å²) in [6.45, 7) is 0. The molecule has 0 fully saturated rings. The molecule has 12 rings (SSSR count). The lowest BCUT2D eigenvalue weighted by Gasteiger charge is -2.27. The van der Waals surface area contributed by atoms with E-state index >= 15 is 0 Å². The SMILES string of the molecule is c1ccc(-c2cccc(N(c3ccc(-c4cc5ccccc5c5ccccc45)cc3)c3cccc(-c4ccc(-c5ccc6ccc7oc8ccccc8c7c6c5)cc4)c3)c2)cc1. The highest BCUT2D eigenvalue weighted by Crippen LogP contribution is 2.42. The zero-order chi connectivity index (χ0) is 41.0. The van der Waals surface area contributed by atoms with Crippen molar-refractivity contribution in [3.8, 4) is 44.5 Å². The number of furan rings is 1. The van der Waals surface area contributed by atoms with Gasteiger partial charge in [0.15, 0.2) is 0 Å². The summed E-state index contributed by atoms with van der Waals surface area (Å²) in [4.78, 5) is 2.38. The van der Waals surface area contributed by atoms with Crippen LogP contribution < -0.4 is 4.90 Å². The predicted molar refractivity (Wildman–Crippen MR) is 263 cm³/mol. The summed E-state index contributed by atoms with van der Waals surface area (Å²) in [5, 5.41) is 9.79. The number of fused-ring (bicyclic) bond motifs is 8. The third-order valence-electron chi connectivity index (χ3n) is 12.4. The van der Waals surface area contributed by atoms with Gasteiger partial charge in [-0.25, -0.2) is 0 Å². The van der Waals surface area contributed by atoms with E-state index in [0.29, 0.717) is 0 Å². The summed E-state index contributed by atoms with van der Waals surface area (Å²) in [6.07, 6.45) is 0. The van der Waals surface area contributed by atoms with Crippen LogP contribution in [0, 0.1) is 0 Å². The quantitative estimate of drug-likeness (QED) is 0.150. The maximum Gasteiger partial charge on any atom is 0.136 e. The molecule has 11 aromatic carbocycles. The topological polar surface area (TPSA) is 16.4 Å². The van der Waals surface area contributed by atoms with Crippen molar-refractivity contribution >= 4 is 71.3 Å². The second-order valence-corrected chi connectivity index (χ2v) is 16.1. The van der Waals surface area contributed by atoms with Crippen LogP contribution in [0.1, 0.15) is 0 Å². The molecule has 290 valence electrons. The first-order valence-electron chi connectivity index (χ1n) is 21.2. The summed E-state index contributed by atoms with van der Waals surface area (Å²) >= 11 is 0. The maximum atomic E-state index is 6.23. The lowest BCUT2D eigenvalue weighted by atomic mass is 9.93. The fourth-order valence-corrected chi connectivity index (χ4v) is 9.39. The molecule has 0 saturated carbocycles. The van der Waals surface area contributed by atoms with Gasteiger partial charge >= 0.3 is 0 Å². The lowest BCUT2D eigenvalue weighted by Crippen LogP contribution is -2.10. The molecule has 0 saturated heterocycles. The van der Waals surface area contributed by atoms with Crippen LogP contribution in [0.25, 0.3) is 98.8 Å². The Labute approximate surface area is 360 Å². The number of nitrogens with zero attached hydrogens (tertiary/aromatic N) is 1. The molecule has 0 aliphatic carbocycles. The number of hydrogen-bond donors (Lipinski definition) is 0. The highest BCUT2D eigenvalue weighted by atomic mass is 16.3. The van der Waals surface area contributed by atoms with E-state index < -0.39 is 0 Å². The van der Waals surface area contributed by atoms with Gasteiger partial charge in [0.25, 0.3) is 0 Å². The van der Waals surface area contributed by atoms with E-state index in [1.54, 1.807) is 0 Å². The fourth-order valence-electron chi connectivity index (χ4n) is 9.39. The second-order valence-electron chi connectivity index (χ2n) is 16.1. The van der Waals surface area contributed by atoms with Crippen LogP contribution in [-0.2, 0) is 0 Å². The van der Waals surface area contributed by atoms with Gasteiger partial charge < -0.3 is 9.32 Å². The Morgan fingerprint density at radius 1 is 0.258 bits per heavy atom. The van der Waals surface area contributed by atoms with E-state index in [-0.39, 0.29) is 0 Å². The van der Waals surface area contributed by atoms with Crippen LogP contribution in [0.3, 0.4) is 0 Å². The Kier molecular flexibility index (Phi) is 8.53. The number of hydrogen-bond acceptors (Lipinski definition) is 2. The second kappa shape index (κ2) is 14.8. The largest absolute Gasteiger partial charge is 0.456 e. The molecular weight excluding hydrogens is 751 g/mol. The van der Waals surface area contributed by atoms with Gasteiger partial charge in [-0.2, -0.15) is 0 Å². The van der Waals surface area contributed by atoms with Crippen LogP contribution in [0.2, 0.25) is 0 Å². The van der Waals surface area contributed by atoms with E-state index in [9.17, 15) is 0 Å². The van der Waals surface area contributed by atoms with Crippen molar-refractivity contribution in [1.29, 1.82) is 0 Å². The first kappa shape index (κ1) is 35.7. The average Bonchev–Trinajstić information content (AvgIpc) is 3.74. The molecule has 1 heterocycles. The molecule has 0 atom stereocenters. The van der Waals surface area contributed by atoms with E-state index in [1.165, 1.54) is 71.1 Å². The molecule has 0 aliphatic rings. The molecule has 2 nitrogen and oxygen atoms in total. The van der Waals surface area contributed by atoms with Crippen molar-refractivity contribution in [2.75, 3.05) is 4.90 Å². The Bertz CT molecular complexity index is 3620. The van der Waals surface area contributed by atoms with Gasteiger partial charge in [-0.3, -0.25) is 0 Å². The van der Waals surface area contributed by atoms with Crippen molar-refractivity contribution in [3.63, 3.8) is 0 Å². The molecule has 0 unspecified atom stereocenters. The summed E-state index contributed by atoms with van der Waals surface area (Å²) < 4.78 is 6.23. The zero-order valence-electron chi connectivity index (χ0n) is 33.9. The Balaban J connectivity index is 0.928. The molecule has 0 bridgehead atoms.